The number of aryl methyl sites for hydroxylation is 1. The van der Waals surface area contributed by atoms with E-state index in [2.05, 4.69) is 6.92 Å². The quantitative estimate of drug-likeness (QED) is 0.356. The van der Waals surface area contributed by atoms with E-state index in [1.807, 2.05) is 45.9 Å². The molecule has 1 aliphatic carbocycles. The third-order valence-corrected chi connectivity index (χ3v) is 9.73. The molecule has 0 unspecified atom stereocenters. The van der Waals surface area contributed by atoms with Gasteiger partial charge in [0.15, 0.2) is 0 Å². The van der Waals surface area contributed by atoms with Gasteiger partial charge in [-0.2, -0.15) is 0 Å². The number of nitrogens with zero attached hydrogens (tertiary/aromatic N) is 3. The van der Waals surface area contributed by atoms with Crippen LogP contribution in [0.1, 0.15) is 85.3 Å². The number of benzene rings is 1. The summed E-state index contributed by atoms with van der Waals surface area (Å²) in [6.45, 7) is 10.1. The molecule has 42 heavy (non-hydrogen) atoms. The van der Waals surface area contributed by atoms with Gasteiger partial charge in [-0.05, 0) is 49.7 Å². The average Bonchev–Trinajstić information content (AvgIpc) is 3.54. The van der Waals surface area contributed by atoms with Crippen LogP contribution in [0.4, 0.5) is 0 Å². The highest BCUT2D eigenvalue weighted by atomic mass is 16.6. The second-order valence-electron chi connectivity index (χ2n) is 13.5. The Morgan fingerprint density at radius 3 is 2.62 bits per heavy atom. The molecule has 5 rings (SSSR count). The maximum absolute atomic E-state index is 14.1. The Morgan fingerprint density at radius 1 is 1.14 bits per heavy atom. The van der Waals surface area contributed by atoms with E-state index in [1.165, 1.54) is 0 Å². The lowest BCUT2D eigenvalue weighted by molar-refractivity contribution is -0.159. The van der Waals surface area contributed by atoms with E-state index in [9.17, 15) is 14.4 Å². The Hall–Kier alpha value is -3.23. The molecule has 1 aromatic carbocycles. The van der Waals surface area contributed by atoms with Gasteiger partial charge < -0.3 is 23.9 Å². The van der Waals surface area contributed by atoms with Gasteiger partial charge in [-0.25, -0.2) is 9.97 Å². The van der Waals surface area contributed by atoms with Crippen molar-refractivity contribution in [3.63, 3.8) is 0 Å². The Kier molecular flexibility index (Phi) is 8.50. The molecule has 3 aliphatic rings. The maximum Gasteiger partial charge on any atom is 0.307 e. The predicted octanol–water partition coefficient (Wildman–Crippen LogP) is 5.31. The zero-order valence-electron chi connectivity index (χ0n) is 25.9. The van der Waals surface area contributed by atoms with Crippen molar-refractivity contribution >= 4 is 29.2 Å². The molecule has 2 bridgehead atoms. The lowest BCUT2D eigenvalue weighted by atomic mass is 9.77. The van der Waals surface area contributed by atoms with E-state index < -0.39 is 29.1 Å². The van der Waals surface area contributed by atoms with E-state index in [4.69, 9.17) is 24.2 Å². The summed E-state index contributed by atoms with van der Waals surface area (Å²) in [7, 11) is 1.61. The van der Waals surface area contributed by atoms with Crippen LogP contribution in [0.3, 0.4) is 0 Å². The smallest absolute Gasteiger partial charge is 0.307 e. The number of esters is 1. The van der Waals surface area contributed by atoms with Crippen molar-refractivity contribution in [3.05, 3.63) is 23.9 Å². The molecule has 228 valence electrons. The van der Waals surface area contributed by atoms with Crippen molar-refractivity contribution in [2.24, 2.45) is 23.2 Å². The highest BCUT2D eigenvalue weighted by molar-refractivity contribution is 5.87. The van der Waals surface area contributed by atoms with Crippen molar-refractivity contribution in [1.29, 1.82) is 0 Å². The molecule has 2 fully saturated rings. The molecule has 2 aromatic rings. The van der Waals surface area contributed by atoms with Crippen LogP contribution in [-0.4, -0.2) is 64.4 Å². The number of carbonyl (C=O) groups excluding carboxylic acids is 3. The molecule has 9 heteroatoms. The van der Waals surface area contributed by atoms with Crippen molar-refractivity contribution in [3.8, 4) is 11.6 Å². The summed E-state index contributed by atoms with van der Waals surface area (Å²) in [6, 6.07) is 4.94. The molecule has 9 nitrogen and oxygen atoms in total. The van der Waals surface area contributed by atoms with Crippen molar-refractivity contribution < 1.29 is 28.6 Å². The highest BCUT2D eigenvalue weighted by Crippen LogP contribution is 2.53. The summed E-state index contributed by atoms with van der Waals surface area (Å²) in [5, 5.41) is 0. The average molecular weight is 580 g/mol. The summed E-state index contributed by atoms with van der Waals surface area (Å²) in [4.78, 5) is 51.1. The van der Waals surface area contributed by atoms with Crippen molar-refractivity contribution in [1.82, 2.24) is 14.9 Å². The standard InChI is InChI=1S/C33H45N3O6/c1-7-33-17-21(33)11-9-8-10-12-25-30(35-26-15-22(40-6)13-14-24(26)34-25)41-28-18-36(27(19-37)20(28)2)31(39)23(32(3,4)5)16-29(38)42-33/h13-15,19-21,23,27-28H,7-12,16-18H2,1-6H3/t20-,21+,23+,27+,28-,33+/m0/s1. The van der Waals surface area contributed by atoms with Gasteiger partial charge in [0.1, 0.15) is 29.4 Å². The second kappa shape index (κ2) is 11.8. The zero-order chi connectivity index (χ0) is 30.2. The van der Waals surface area contributed by atoms with E-state index in [1.54, 1.807) is 12.0 Å². The number of carbonyl (C=O) groups is 3. The molecule has 0 radical (unpaired) electrons. The number of hydrogen-bond donors (Lipinski definition) is 0. The third kappa shape index (κ3) is 5.97. The topological polar surface area (TPSA) is 108 Å². The molecule has 6 atom stereocenters. The number of ether oxygens (including phenoxy) is 3. The molecule has 1 saturated heterocycles. The van der Waals surface area contributed by atoms with E-state index in [-0.39, 0.29) is 30.8 Å². The third-order valence-electron chi connectivity index (χ3n) is 9.73. The number of aromatic nitrogens is 2. The molecule has 1 amide bonds. The summed E-state index contributed by atoms with van der Waals surface area (Å²) >= 11 is 0. The molecule has 1 saturated carbocycles. The lowest BCUT2D eigenvalue weighted by Gasteiger charge is -2.34. The molecule has 0 N–H and O–H groups in total. The normalized spacial score (nSPS) is 30.8. The molecule has 2 aliphatic heterocycles. The second-order valence-corrected chi connectivity index (χ2v) is 13.5. The minimum Gasteiger partial charge on any atom is -0.497 e. The number of amides is 1. The predicted molar refractivity (Wildman–Crippen MR) is 158 cm³/mol. The Morgan fingerprint density at radius 2 is 1.93 bits per heavy atom. The van der Waals surface area contributed by atoms with Gasteiger partial charge in [-0.1, -0.05) is 47.5 Å². The van der Waals surface area contributed by atoms with Gasteiger partial charge in [0.25, 0.3) is 0 Å². The first-order valence-corrected chi connectivity index (χ1v) is 15.5. The Balaban J connectivity index is 1.51. The number of hydrogen-bond acceptors (Lipinski definition) is 8. The highest BCUT2D eigenvalue weighted by Gasteiger charge is 2.56. The van der Waals surface area contributed by atoms with E-state index >= 15 is 0 Å². The first-order valence-electron chi connectivity index (χ1n) is 15.5. The van der Waals surface area contributed by atoms with Crippen LogP contribution in [-0.2, 0) is 25.5 Å². The van der Waals surface area contributed by atoms with Crippen molar-refractivity contribution in [2.45, 2.75) is 104 Å². The largest absolute Gasteiger partial charge is 0.497 e. The molecule has 3 heterocycles. The molecular weight excluding hydrogens is 534 g/mol. The van der Waals surface area contributed by atoms with Crippen LogP contribution < -0.4 is 9.47 Å². The summed E-state index contributed by atoms with van der Waals surface area (Å²) < 4.78 is 18.0. The fourth-order valence-corrected chi connectivity index (χ4v) is 6.76. The summed E-state index contributed by atoms with van der Waals surface area (Å²) in [6.07, 6.45) is 6.69. The zero-order valence-corrected chi connectivity index (χ0v) is 25.9. The number of methoxy groups -OCH3 is 1. The maximum atomic E-state index is 14.1. The van der Waals surface area contributed by atoms with Crippen LogP contribution in [0.5, 0.6) is 11.6 Å². The number of fused-ring (bicyclic) bond motifs is 5. The van der Waals surface area contributed by atoms with Crippen molar-refractivity contribution in [2.75, 3.05) is 13.7 Å². The van der Waals surface area contributed by atoms with Crippen LogP contribution in [0.2, 0.25) is 0 Å². The van der Waals surface area contributed by atoms with Crippen LogP contribution in [0.25, 0.3) is 11.0 Å². The monoisotopic (exact) mass is 579 g/mol. The number of rotatable bonds is 3. The van der Waals surface area contributed by atoms with Crippen LogP contribution in [0.15, 0.2) is 18.2 Å². The first kappa shape index (κ1) is 30.2. The Bertz CT molecular complexity index is 1340. The minimum absolute atomic E-state index is 0.0130. The molecule has 1 aromatic heterocycles. The van der Waals surface area contributed by atoms with Gasteiger partial charge >= 0.3 is 5.97 Å². The van der Waals surface area contributed by atoms with Gasteiger partial charge in [-0.15, -0.1) is 0 Å². The number of aldehydes is 1. The fraction of sp³-hybridized carbons (Fsp3) is 0.667. The fourth-order valence-electron chi connectivity index (χ4n) is 6.76. The van der Waals surface area contributed by atoms with E-state index in [0.717, 1.165) is 56.0 Å². The molecule has 0 spiro atoms. The van der Waals surface area contributed by atoms with Crippen LogP contribution >= 0.6 is 0 Å². The Labute approximate surface area is 248 Å². The van der Waals surface area contributed by atoms with Gasteiger partial charge in [0.2, 0.25) is 11.8 Å². The summed E-state index contributed by atoms with van der Waals surface area (Å²) in [5.74, 6) is 0.0167. The van der Waals surface area contributed by atoms with Gasteiger partial charge in [-0.3, -0.25) is 9.59 Å². The lowest BCUT2D eigenvalue weighted by Crippen LogP contribution is -2.46. The first-order chi connectivity index (χ1) is 20.0. The van der Waals surface area contributed by atoms with E-state index in [0.29, 0.717) is 29.5 Å². The van der Waals surface area contributed by atoms with Crippen LogP contribution in [0, 0.1) is 23.2 Å². The minimum atomic E-state index is -0.669. The van der Waals surface area contributed by atoms with Gasteiger partial charge in [0, 0.05) is 17.9 Å². The molecular formula is C33H45N3O6. The SMILES string of the molecule is CC[C@@]12C[C@H]1CCCCCc1nc3ccc(OC)cc3nc1O[C@H]1CN(C(=O)[C@H](C(C)(C)C)CC(=O)O2)[C@H](C=O)[C@@H]1C. The summed E-state index contributed by atoms with van der Waals surface area (Å²) in [5.41, 5.74) is 1.28. The van der Waals surface area contributed by atoms with Gasteiger partial charge in [0.05, 0.1) is 43.1 Å².